The van der Waals surface area contributed by atoms with Crippen LogP contribution in [-0.2, 0) is 13.0 Å². The molecule has 8 nitrogen and oxygen atoms in total. The minimum absolute atomic E-state index is 0.0135. The van der Waals surface area contributed by atoms with E-state index >= 15 is 0 Å². The first-order chi connectivity index (χ1) is 15.6. The average molecular weight is 464 g/mol. The van der Waals surface area contributed by atoms with Crippen molar-refractivity contribution in [3.63, 3.8) is 0 Å². The Bertz CT molecular complexity index is 1250. The Morgan fingerprint density at radius 1 is 1.30 bits per heavy atom. The van der Waals surface area contributed by atoms with Gasteiger partial charge < -0.3 is 20.6 Å². The van der Waals surface area contributed by atoms with E-state index in [1.54, 1.807) is 12.1 Å². The van der Waals surface area contributed by atoms with Crippen molar-refractivity contribution in [3.8, 4) is 5.75 Å². The van der Waals surface area contributed by atoms with Crippen LogP contribution in [0.4, 0.5) is 18.9 Å². The summed E-state index contributed by atoms with van der Waals surface area (Å²) < 4.78 is 43.2. The smallest absolute Gasteiger partial charge is 0.282 e. The van der Waals surface area contributed by atoms with Crippen LogP contribution in [0.25, 0.3) is 11.0 Å². The predicted molar refractivity (Wildman–Crippen MR) is 115 cm³/mol. The fraction of sp³-hybridized carbons (Fsp3) is 0.364. The van der Waals surface area contributed by atoms with Crippen molar-refractivity contribution in [2.24, 2.45) is 0 Å². The molecule has 0 fully saturated rings. The van der Waals surface area contributed by atoms with Crippen LogP contribution in [0.15, 0.2) is 35.3 Å². The lowest BCUT2D eigenvalue weighted by Crippen LogP contribution is -2.39. The minimum atomic E-state index is -3.31. The number of aromatic nitrogens is 2. The van der Waals surface area contributed by atoms with Crippen molar-refractivity contribution >= 4 is 16.7 Å². The van der Waals surface area contributed by atoms with Gasteiger partial charge in [0.1, 0.15) is 23.1 Å². The van der Waals surface area contributed by atoms with Crippen molar-refractivity contribution in [1.82, 2.24) is 14.9 Å². The molecule has 2 atom stereocenters. The molecule has 3 heterocycles. The maximum atomic E-state index is 14.6. The number of alkyl halides is 2. The van der Waals surface area contributed by atoms with E-state index < -0.39 is 54.0 Å². The number of aliphatic hydroxyl groups excluding tert-OH is 2. The lowest BCUT2D eigenvalue weighted by atomic mass is 10.0. The van der Waals surface area contributed by atoms with Gasteiger partial charge in [-0.2, -0.15) is 0 Å². The highest BCUT2D eigenvalue weighted by atomic mass is 19.3. The molecule has 1 aliphatic rings. The van der Waals surface area contributed by atoms with Crippen molar-refractivity contribution in [1.29, 1.82) is 0 Å². The third-order valence-corrected chi connectivity index (χ3v) is 5.57. The number of hydrogen-bond acceptors (Lipinski definition) is 7. The van der Waals surface area contributed by atoms with Gasteiger partial charge in [-0.05, 0) is 24.6 Å². The molecule has 1 unspecified atom stereocenters. The van der Waals surface area contributed by atoms with E-state index in [9.17, 15) is 33.3 Å². The van der Waals surface area contributed by atoms with Gasteiger partial charge in [-0.3, -0.25) is 19.7 Å². The van der Waals surface area contributed by atoms with Crippen LogP contribution >= 0.6 is 0 Å². The number of pyridine rings is 2. The van der Waals surface area contributed by atoms with Gasteiger partial charge in [0.2, 0.25) is 0 Å². The number of nitrogens with zero attached hydrogens (tertiary/aromatic N) is 2. The Hall–Kier alpha value is -3.15. The number of aromatic hydroxyl groups is 1. The van der Waals surface area contributed by atoms with Crippen molar-refractivity contribution in [3.05, 3.63) is 63.3 Å². The molecule has 0 radical (unpaired) electrons. The average Bonchev–Trinajstić information content (AvgIpc) is 2.91. The molecule has 0 saturated heterocycles. The molecule has 33 heavy (non-hydrogen) atoms. The Labute approximate surface area is 186 Å². The molecule has 11 heteroatoms. The van der Waals surface area contributed by atoms with Gasteiger partial charge in [0, 0.05) is 24.2 Å². The lowest BCUT2D eigenvalue weighted by Gasteiger charge is -2.21. The lowest BCUT2D eigenvalue weighted by molar-refractivity contribution is -0.00123. The molecule has 4 rings (SSSR count). The zero-order valence-electron chi connectivity index (χ0n) is 17.6. The highest BCUT2D eigenvalue weighted by Gasteiger charge is 2.37. The second kappa shape index (κ2) is 8.65. The van der Waals surface area contributed by atoms with E-state index in [1.807, 2.05) is 0 Å². The highest BCUT2D eigenvalue weighted by Crippen LogP contribution is 2.37. The van der Waals surface area contributed by atoms with E-state index in [-0.39, 0.29) is 29.7 Å². The molecule has 0 spiro atoms. The van der Waals surface area contributed by atoms with Crippen LogP contribution in [-0.4, -0.2) is 50.0 Å². The molecule has 176 valence electrons. The quantitative estimate of drug-likeness (QED) is 0.353. The fourth-order valence-electron chi connectivity index (χ4n) is 3.91. The molecule has 3 aromatic rings. The van der Waals surface area contributed by atoms with E-state index in [2.05, 4.69) is 15.6 Å². The number of nitrogens with one attached hydrogen (secondary N) is 2. The molecular formula is C22H23F3N4O4. The summed E-state index contributed by atoms with van der Waals surface area (Å²) in [4.78, 5) is 17.4. The zero-order valence-corrected chi connectivity index (χ0v) is 17.6. The Balaban J connectivity index is 1.92. The third kappa shape index (κ3) is 4.39. The fourth-order valence-corrected chi connectivity index (χ4v) is 3.91. The normalized spacial score (nSPS) is 16.8. The first-order valence-corrected chi connectivity index (χ1v) is 10.3. The van der Waals surface area contributed by atoms with E-state index in [0.717, 1.165) is 4.57 Å². The second-order valence-corrected chi connectivity index (χ2v) is 8.17. The number of aliphatic hydroxyl groups is 2. The number of hydrogen-bond donors (Lipinski definition) is 5. The Morgan fingerprint density at radius 3 is 2.67 bits per heavy atom. The summed E-state index contributed by atoms with van der Waals surface area (Å²) in [5, 5.41) is 35.7. The van der Waals surface area contributed by atoms with Crippen LogP contribution in [0.5, 0.6) is 5.75 Å². The summed E-state index contributed by atoms with van der Waals surface area (Å²) in [6.07, 6.45) is -0.125. The Kier molecular flexibility index (Phi) is 6.04. The van der Waals surface area contributed by atoms with Crippen LogP contribution in [0, 0.1) is 5.82 Å². The SMILES string of the molecule is C[C@@H](CO)NC(O)c1c(O)c2ncc(Cc3ccc(F)cc3)c3c2n(c1=O)CC(F)(F)CN3. The molecule has 0 bridgehead atoms. The van der Waals surface area contributed by atoms with Gasteiger partial charge in [0.15, 0.2) is 5.75 Å². The predicted octanol–water partition coefficient (Wildman–Crippen LogP) is 1.85. The number of benzene rings is 1. The third-order valence-electron chi connectivity index (χ3n) is 5.57. The number of anilines is 1. The van der Waals surface area contributed by atoms with Gasteiger partial charge in [-0.15, -0.1) is 0 Å². The summed E-state index contributed by atoms with van der Waals surface area (Å²) in [6, 6.07) is 5.02. The molecular weight excluding hydrogens is 441 g/mol. The van der Waals surface area contributed by atoms with E-state index in [1.165, 1.54) is 25.3 Å². The topological polar surface area (TPSA) is 120 Å². The summed E-state index contributed by atoms with van der Waals surface area (Å²) >= 11 is 0. The van der Waals surface area contributed by atoms with Crippen molar-refractivity contribution < 1.29 is 28.5 Å². The van der Waals surface area contributed by atoms with Gasteiger partial charge in [-0.1, -0.05) is 12.1 Å². The summed E-state index contributed by atoms with van der Waals surface area (Å²) in [5.41, 5.74) is -0.323. The summed E-state index contributed by atoms with van der Waals surface area (Å²) in [6.45, 7) is -0.581. The highest BCUT2D eigenvalue weighted by molar-refractivity contribution is 5.94. The monoisotopic (exact) mass is 464 g/mol. The molecule has 1 aromatic carbocycles. The number of rotatable bonds is 6. The first-order valence-electron chi connectivity index (χ1n) is 10.3. The zero-order chi connectivity index (χ0) is 23.9. The maximum Gasteiger partial charge on any atom is 0.282 e. The second-order valence-electron chi connectivity index (χ2n) is 8.17. The minimum Gasteiger partial charge on any atom is -0.505 e. The van der Waals surface area contributed by atoms with Crippen LogP contribution in [0.1, 0.15) is 29.8 Å². The number of halogens is 3. The standard InChI is InChI=1S/C22H23F3N4O4/c1-11(8-30)28-20(32)15-19(31)17-18-16(27-9-22(24,25)10-29(18)21(15)33)13(7-26-17)6-12-2-4-14(23)5-3-12/h2-5,7,11,20,27-28,30-32H,6,8-10H2,1H3/t11-,20?/m0/s1. The summed E-state index contributed by atoms with van der Waals surface area (Å²) in [7, 11) is 0. The van der Waals surface area contributed by atoms with Crippen LogP contribution in [0.3, 0.4) is 0 Å². The van der Waals surface area contributed by atoms with Gasteiger partial charge >= 0.3 is 0 Å². The van der Waals surface area contributed by atoms with Crippen molar-refractivity contribution in [2.75, 3.05) is 18.5 Å². The largest absolute Gasteiger partial charge is 0.505 e. The maximum absolute atomic E-state index is 14.6. The van der Waals surface area contributed by atoms with E-state index in [0.29, 0.717) is 11.1 Å². The molecule has 0 aliphatic carbocycles. The van der Waals surface area contributed by atoms with Gasteiger partial charge in [-0.25, -0.2) is 13.2 Å². The molecule has 0 saturated carbocycles. The molecule has 1 aliphatic heterocycles. The molecule has 2 aromatic heterocycles. The van der Waals surface area contributed by atoms with Crippen molar-refractivity contribution in [2.45, 2.75) is 38.1 Å². The molecule has 5 N–H and O–H groups in total. The van der Waals surface area contributed by atoms with E-state index in [4.69, 9.17) is 0 Å². The van der Waals surface area contributed by atoms with Gasteiger partial charge in [0.25, 0.3) is 11.5 Å². The Morgan fingerprint density at radius 2 is 2.00 bits per heavy atom. The van der Waals surface area contributed by atoms with Gasteiger partial charge in [0.05, 0.1) is 30.9 Å². The van der Waals surface area contributed by atoms with Crippen LogP contribution in [0.2, 0.25) is 0 Å². The summed E-state index contributed by atoms with van der Waals surface area (Å²) in [5.74, 6) is -4.37. The first kappa shape index (κ1) is 23.0. The molecule has 0 amide bonds. The van der Waals surface area contributed by atoms with Crippen LogP contribution < -0.4 is 16.2 Å².